The fourth-order valence-electron chi connectivity index (χ4n) is 3.45. The average molecular weight is 413 g/mol. The van der Waals surface area contributed by atoms with Crippen LogP contribution in [0.25, 0.3) is 10.9 Å². The van der Waals surface area contributed by atoms with Crippen LogP contribution in [0.1, 0.15) is 23.9 Å². The molecule has 1 aromatic heterocycles. The molecule has 0 fully saturated rings. The smallest absolute Gasteiger partial charge is 0.282 e. The molecule has 0 N–H and O–H groups in total. The van der Waals surface area contributed by atoms with Crippen LogP contribution in [0.3, 0.4) is 0 Å². The first kappa shape index (κ1) is 20.3. The largest absolute Gasteiger partial charge is 0.493 e. The van der Waals surface area contributed by atoms with Crippen LogP contribution in [0.2, 0.25) is 0 Å². The van der Waals surface area contributed by atoms with Gasteiger partial charge in [-0.05, 0) is 42.3 Å². The van der Waals surface area contributed by atoms with E-state index >= 15 is 0 Å². The van der Waals surface area contributed by atoms with Crippen molar-refractivity contribution in [3.63, 3.8) is 0 Å². The number of methoxy groups -OCH3 is 2. The summed E-state index contributed by atoms with van der Waals surface area (Å²) in [4.78, 5) is 18.1. The van der Waals surface area contributed by atoms with Gasteiger partial charge in [0.2, 0.25) is 0 Å². The zero-order valence-electron chi connectivity index (χ0n) is 17.7. The van der Waals surface area contributed by atoms with Crippen LogP contribution in [0.5, 0.6) is 11.5 Å². The molecule has 0 amide bonds. The van der Waals surface area contributed by atoms with E-state index in [9.17, 15) is 4.79 Å². The van der Waals surface area contributed by atoms with Crippen LogP contribution in [-0.2, 0) is 6.42 Å². The van der Waals surface area contributed by atoms with Crippen molar-refractivity contribution in [2.75, 3.05) is 14.2 Å². The molecule has 0 unspecified atom stereocenters. The summed E-state index contributed by atoms with van der Waals surface area (Å²) in [5, 5.41) is 5.18. The summed E-state index contributed by atoms with van der Waals surface area (Å²) < 4.78 is 12.1. The van der Waals surface area contributed by atoms with Gasteiger partial charge in [-0.1, -0.05) is 48.5 Å². The van der Waals surface area contributed by atoms with Gasteiger partial charge in [-0.3, -0.25) is 4.79 Å². The zero-order chi connectivity index (χ0) is 21.8. The molecule has 0 spiro atoms. The molecular formula is C25H23N3O3. The minimum Gasteiger partial charge on any atom is -0.493 e. The summed E-state index contributed by atoms with van der Waals surface area (Å²) >= 11 is 0. The lowest BCUT2D eigenvalue weighted by atomic mass is 10.1. The van der Waals surface area contributed by atoms with E-state index in [2.05, 4.69) is 5.10 Å². The Kier molecular flexibility index (Phi) is 5.80. The number of ether oxygens (including phenoxy) is 2. The topological polar surface area (TPSA) is 65.7 Å². The SMILES string of the molecule is COc1ccc(Cc2nc3ccccc3c(=O)n2N=C(C)c2ccccc2)cc1OC. The highest BCUT2D eigenvalue weighted by molar-refractivity contribution is 5.98. The van der Waals surface area contributed by atoms with E-state index in [-0.39, 0.29) is 5.56 Å². The fourth-order valence-corrected chi connectivity index (χ4v) is 3.45. The van der Waals surface area contributed by atoms with Crippen molar-refractivity contribution in [2.24, 2.45) is 5.10 Å². The van der Waals surface area contributed by atoms with Crippen LogP contribution in [0.4, 0.5) is 0 Å². The Labute approximate surface area is 180 Å². The number of para-hydroxylation sites is 1. The monoisotopic (exact) mass is 413 g/mol. The Morgan fingerprint density at radius 3 is 2.39 bits per heavy atom. The first-order valence-electron chi connectivity index (χ1n) is 9.93. The maximum absolute atomic E-state index is 13.3. The lowest BCUT2D eigenvalue weighted by Gasteiger charge is -2.13. The van der Waals surface area contributed by atoms with Crippen molar-refractivity contribution in [3.8, 4) is 11.5 Å². The van der Waals surface area contributed by atoms with Crippen molar-refractivity contribution < 1.29 is 9.47 Å². The molecule has 0 atom stereocenters. The van der Waals surface area contributed by atoms with Gasteiger partial charge >= 0.3 is 0 Å². The van der Waals surface area contributed by atoms with Gasteiger partial charge in [-0.2, -0.15) is 9.78 Å². The second-order valence-corrected chi connectivity index (χ2v) is 7.08. The Hall–Kier alpha value is -3.93. The molecule has 0 bridgehead atoms. The summed E-state index contributed by atoms with van der Waals surface area (Å²) in [5.41, 5.74) is 3.05. The van der Waals surface area contributed by atoms with E-state index in [4.69, 9.17) is 14.5 Å². The Bertz CT molecular complexity index is 1310. The number of rotatable bonds is 6. The molecular weight excluding hydrogens is 390 g/mol. The molecule has 3 aromatic carbocycles. The predicted molar refractivity (Wildman–Crippen MR) is 122 cm³/mol. The van der Waals surface area contributed by atoms with E-state index in [0.29, 0.717) is 34.6 Å². The maximum Gasteiger partial charge on any atom is 0.282 e. The Balaban J connectivity index is 1.86. The van der Waals surface area contributed by atoms with E-state index < -0.39 is 0 Å². The normalized spacial score (nSPS) is 11.5. The standard InChI is InChI=1S/C25H23N3O3/c1-17(19-9-5-4-6-10-19)27-28-24(26-21-12-8-7-11-20(21)25(28)29)16-18-13-14-22(30-2)23(15-18)31-3/h4-15H,16H2,1-3H3. The molecule has 156 valence electrons. The third-order valence-electron chi connectivity index (χ3n) is 5.07. The van der Waals surface area contributed by atoms with Gasteiger partial charge in [0.25, 0.3) is 5.56 Å². The molecule has 0 radical (unpaired) electrons. The molecule has 0 aliphatic heterocycles. The van der Waals surface area contributed by atoms with Crippen molar-refractivity contribution >= 4 is 16.6 Å². The van der Waals surface area contributed by atoms with E-state index in [0.717, 1.165) is 16.8 Å². The highest BCUT2D eigenvalue weighted by Gasteiger charge is 2.13. The van der Waals surface area contributed by atoms with Gasteiger partial charge in [0.05, 0.1) is 30.8 Å². The van der Waals surface area contributed by atoms with Gasteiger partial charge in [-0.15, -0.1) is 0 Å². The third-order valence-corrected chi connectivity index (χ3v) is 5.07. The highest BCUT2D eigenvalue weighted by atomic mass is 16.5. The van der Waals surface area contributed by atoms with Gasteiger partial charge in [-0.25, -0.2) is 4.98 Å². The summed E-state index contributed by atoms with van der Waals surface area (Å²) in [6.07, 6.45) is 0.409. The first-order valence-corrected chi connectivity index (χ1v) is 9.93. The Morgan fingerprint density at radius 1 is 0.935 bits per heavy atom. The molecule has 1 heterocycles. The number of fused-ring (bicyclic) bond motifs is 1. The fraction of sp³-hybridized carbons (Fsp3) is 0.160. The van der Waals surface area contributed by atoms with Crippen LogP contribution in [0.15, 0.2) is 82.7 Å². The average Bonchev–Trinajstić information content (AvgIpc) is 2.82. The van der Waals surface area contributed by atoms with Gasteiger partial charge in [0.1, 0.15) is 5.82 Å². The number of hydrogen-bond donors (Lipinski definition) is 0. The molecule has 6 heteroatoms. The zero-order valence-corrected chi connectivity index (χ0v) is 17.7. The van der Waals surface area contributed by atoms with Crippen LogP contribution in [-0.4, -0.2) is 29.6 Å². The summed E-state index contributed by atoms with van der Waals surface area (Å²) in [6.45, 7) is 1.89. The second-order valence-electron chi connectivity index (χ2n) is 7.08. The molecule has 6 nitrogen and oxygen atoms in total. The minimum absolute atomic E-state index is 0.198. The predicted octanol–water partition coefficient (Wildman–Crippen LogP) is 4.28. The maximum atomic E-state index is 13.3. The summed E-state index contributed by atoms with van der Waals surface area (Å²) in [5.74, 6) is 1.82. The van der Waals surface area contributed by atoms with E-state index in [1.54, 1.807) is 20.3 Å². The summed E-state index contributed by atoms with van der Waals surface area (Å²) in [6, 6.07) is 22.7. The molecule has 31 heavy (non-hydrogen) atoms. The number of nitrogens with zero attached hydrogens (tertiary/aromatic N) is 3. The molecule has 4 aromatic rings. The van der Waals surface area contributed by atoms with E-state index in [1.807, 2.05) is 73.7 Å². The molecule has 4 rings (SSSR count). The van der Waals surface area contributed by atoms with Crippen molar-refractivity contribution in [1.82, 2.24) is 9.66 Å². The minimum atomic E-state index is -0.198. The molecule has 0 saturated heterocycles. The lowest BCUT2D eigenvalue weighted by Crippen LogP contribution is -2.23. The first-order chi connectivity index (χ1) is 15.1. The van der Waals surface area contributed by atoms with Crippen LogP contribution >= 0.6 is 0 Å². The van der Waals surface area contributed by atoms with E-state index in [1.165, 1.54) is 4.68 Å². The second kappa shape index (κ2) is 8.83. The van der Waals surface area contributed by atoms with Crippen LogP contribution in [0, 0.1) is 0 Å². The molecule has 0 aliphatic carbocycles. The summed E-state index contributed by atoms with van der Waals surface area (Å²) in [7, 11) is 3.19. The number of benzene rings is 3. The van der Waals surface area contributed by atoms with Crippen LogP contribution < -0.4 is 15.0 Å². The van der Waals surface area contributed by atoms with Crippen molar-refractivity contribution in [3.05, 3.63) is 100 Å². The lowest BCUT2D eigenvalue weighted by molar-refractivity contribution is 0.354. The number of hydrogen-bond acceptors (Lipinski definition) is 5. The highest BCUT2D eigenvalue weighted by Crippen LogP contribution is 2.28. The van der Waals surface area contributed by atoms with Gasteiger partial charge in [0.15, 0.2) is 11.5 Å². The third kappa shape index (κ3) is 4.19. The molecule has 0 aliphatic rings. The van der Waals surface area contributed by atoms with Crippen molar-refractivity contribution in [2.45, 2.75) is 13.3 Å². The Morgan fingerprint density at radius 2 is 1.65 bits per heavy atom. The quantitative estimate of drug-likeness (QED) is 0.443. The van der Waals surface area contributed by atoms with Gasteiger partial charge < -0.3 is 9.47 Å². The van der Waals surface area contributed by atoms with Gasteiger partial charge in [0, 0.05) is 6.42 Å². The number of aromatic nitrogens is 2. The van der Waals surface area contributed by atoms with Crippen molar-refractivity contribution in [1.29, 1.82) is 0 Å². The molecule has 0 saturated carbocycles.